The van der Waals surface area contributed by atoms with Crippen LogP contribution in [0.3, 0.4) is 0 Å². The third-order valence-corrected chi connectivity index (χ3v) is 4.97. The zero-order valence-electron chi connectivity index (χ0n) is 15.3. The Morgan fingerprint density at radius 2 is 2.15 bits per heavy atom. The maximum Gasteiger partial charge on any atom is 0.339 e. The van der Waals surface area contributed by atoms with E-state index in [1.54, 1.807) is 25.4 Å². The first-order valence-electron chi connectivity index (χ1n) is 8.93. The van der Waals surface area contributed by atoms with Crippen molar-refractivity contribution in [3.8, 4) is 5.75 Å². The molecule has 2 aromatic rings. The van der Waals surface area contributed by atoms with Crippen LogP contribution in [0.1, 0.15) is 29.3 Å². The van der Waals surface area contributed by atoms with E-state index in [1.807, 2.05) is 18.2 Å². The van der Waals surface area contributed by atoms with Crippen LogP contribution in [0.4, 0.5) is 5.82 Å². The molecule has 1 aliphatic heterocycles. The van der Waals surface area contributed by atoms with Crippen LogP contribution in [0.5, 0.6) is 5.75 Å². The second-order valence-electron chi connectivity index (χ2n) is 6.44. The summed E-state index contributed by atoms with van der Waals surface area (Å²) in [5, 5.41) is 9.41. The van der Waals surface area contributed by atoms with Gasteiger partial charge in [-0.05, 0) is 31.2 Å². The third-order valence-electron chi connectivity index (χ3n) is 4.97. The van der Waals surface area contributed by atoms with Gasteiger partial charge in [-0.25, -0.2) is 9.78 Å². The number of hydrogen-bond acceptors (Lipinski definition) is 5. The molecule has 0 bridgehead atoms. The molecule has 0 unspecified atom stereocenters. The maximum absolute atomic E-state index is 11.5. The van der Waals surface area contributed by atoms with E-state index in [0.717, 1.165) is 38.3 Å². The lowest BCUT2D eigenvalue weighted by Gasteiger charge is -2.28. The number of para-hydroxylation sites is 1. The zero-order chi connectivity index (χ0) is 18.5. The number of rotatable bonds is 7. The predicted octanol–water partition coefficient (Wildman–Crippen LogP) is 2.89. The first-order chi connectivity index (χ1) is 12.6. The summed E-state index contributed by atoms with van der Waals surface area (Å²) in [5.41, 5.74) is 1.43. The van der Waals surface area contributed by atoms with Crippen LogP contribution in [0.15, 0.2) is 42.6 Å². The van der Waals surface area contributed by atoms with Crippen molar-refractivity contribution in [2.45, 2.75) is 25.9 Å². The summed E-state index contributed by atoms with van der Waals surface area (Å²) in [6.07, 6.45) is 2.64. The Bertz CT molecular complexity index is 765. The molecule has 1 aliphatic rings. The van der Waals surface area contributed by atoms with Gasteiger partial charge in [-0.1, -0.05) is 25.1 Å². The highest BCUT2D eigenvalue weighted by molar-refractivity contribution is 5.93. The van der Waals surface area contributed by atoms with Gasteiger partial charge in [0, 0.05) is 37.4 Å². The van der Waals surface area contributed by atoms with E-state index in [-0.39, 0.29) is 5.56 Å². The van der Waals surface area contributed by atoms with Gasteiger partial charge < -0.3 is 14.7 Å². The number of aromatic carboxylic acids is 1. The molecule has 26 heavy (non-hydrogen) atoms. The molecule has 6 nitrogen and oxygen atoms in total. The number of anilines is 1. The van der Waals surface area contributed by atoms with Crippen molar-refractivity contribution in [1.29, 1.82) is 0 Å². The number of carboxylic acid groups (broad SMARTS) is 1. The van der Waals surface area contributed by atoms with Gasteiger partial charge in [0.1, 0.15) is 17.1 Å². The van der Waals surface area contributed by atoms with Crippen molar-refractivity contribution >= 4 is 11.8 Å². The summed E-state index contributed by atoms with van der Waals surface area (Å²) < 4.78 is 5.47. The smallest absolute Gasteiger partial charge is 0.339 e. The molecule has 0 saturated carbocycles. The van der Waals surface area contributed by atoms with E-state index in [1.165, 1.54) is 5.56 Å². The Morgan fingerprint density at radius 3 is 2.88 bits per heavy atom. The molecule has 0 spiro atoms. The molecule has 3 rings (SSSR count). The van der Waals surface area contributed by atoms with Gasteiger partial charge in [-0.15, -0.1) is 0 Å². The van der Waals surface area contributed by atoms with Crippen molar-refractivity contribution in [2.24, 2.45) is 0 Å². The Balaban J connectivity index is 1.74. The molecular formula is C20H25N3O3. The fraction of sp³-hybridized carbons (Fsp3) is 0.400. The van der Waals surface area contributed by atoms with Crippen molar-refractivity contribution < 1.29 is 14.6 Å². The van der Waals surface area contributed by atoms with Gasteiger partial charge in [0.05, 0.1) is 7.11 Å². The van der Waals surface area contributed by atoms with Crippen LogP contribution >= 0.6 is 0 Å². The molecule has 1 atom stereocenters. The van der Waals surface area contributed by atoms with Crippen molar-refractivity contribution in [3.63, 3.8) is 0 Å². The summed E-state index contributed by atoms with van der Waals surface area (Å²) >= 11 is 0. The quantitative estimate of drug-likeness (QED) is 0.824. The molecule has 0 amide bonds. The number of likely N-dealkylation sites (N-methyl/N-ethyl adjacent to an activating group) is 1. The number of nitrogens with zero attached hydrogens (tertiary/aromatic N) is 3. The van der Waals surface area contributed by atoms with Gasteiger partial charge in [-0.3, -0.25) is 4.90 Å². The summed E-state index contributed by atoms with van der Waals surface area (Å²) in [7, 11) is 1.70. The van der Waals surface area contributed by atoms with Crippen molar-refractivity contribution in [1.82, 2.24) is 9.88 Å². The molecule has 1 aromatic carbocycles. The summed E-state index contributed by atoms with van der Waals surface area (Å²) in [6, 6.07) is 11.7. The topological polar surface area (TPSA) is 65.9 Å². The molecule has 2 heterocycles. The van der Waals surface area contributed by atoms with E-state index in [4.69, 9.17) is 4.74 Å². The molecule has 1 aromatic heterocycles. The highest BCUT2D eigenvalue weighted by Crippen LogP contribution is 2.27. The molecule has 138 valence electrons. The minimum absolute atomic E-state index is 0.265. The Kier molecular flexibility index (Phi) is 5.73. The number of hydrogen-bond donors (Lipinski definition) is 1. The SMILES string of the molecule is CCN(Cc1ccccc1OC)[C@@H]1CCN(c2ncccc2C(=O)O)C1. The summed E-state index contributed by atoms with van der Waals surface area (Å²) in [4.78, 5) is 20.3. The monoisotopic (exact) mass is 355 g/mol. The van der Waals surface area contributed by atoms with Crippen LogP contribution in [0, 0.1) is 0 Å². The Morgan fingerprint density at radius 1 is 1.35 bits per heavy atom. The molecular weight excluding hydrogens is 330 g/mol. The number of carboxylic acids is 1. The maximum atomic E-state index is 11.5. The van der Waals surface area contributed by atoms with Gasteiger partial charge in [0.15, 0.2) is 0 Å². The number of aromatic nitrogens is 1. The highest BCUT2D eigenvalue weighted by Gasteiger charge is 2.30. The van der Waals surface area contributed by atoms with E-state index >= 15 is 0 Å². The normalized spacial score (nSPS) is 16.9. The average Bonchev–Trinajstić information content (AvgIpc) is 3.16. The standard InChI is InChI=1S/C20H25N3O3/c1-3-22(13-15-7-4-5-9-18(15)26-2)16-10-12-23(14-16)19-17(20(24)25)8-6-11-21-19/h4-9,11,16H,3,10,12-14H2,1-2H3,(H,24,25)/t16-/m1/s1. The van der Waals surface area contributed by atoms with Crippen molar-refractivity contribution in [2.75, 3.05) is 31.6 Å². The van der Waals surface area contributed by atoms with Crippen LogP contribution < -0.4 is 9.64 Å². The van der Waals surface area contributed by atoms with E-state index in [0.29, 0.717) is 11.9 Å². The molecule has 1 N–H and O–H groups in total. The van der Waals surface area contributed by atoms with Crippen LogP contribution in [-0.2, 0) is 6.54 Å². The lowest BCUT2D eigenvalue weighted by atomic mass is 10.1. The first-order valence-corrected chi connectivity index (χ1v) is 8.93. The highest BCUT2D eigenvalue weighted by atomic mass is 16.5. The van der Waals surface area contributed by atoms with Crippen LogP contribution in [0.2, 0.25) is 0 Å². The average molecular weight is 355 g/mol. The van der Waals surface area contributed by atoms with Crippen LogP contribution in [0.25, 0.3) is 0 Å². The van der Waals surface area contributed by atoms with Gasteiger partial charge in [0.25, 0.3) is 0 Å². The van der Waals surface area contributed by atoms with E-state index in [2.05, 4.69) is 27.8 Å². The van der Waals surface area contributed by atoms with Gasteiger partial charge in [0.2, 0.25) is 0 Å². The van der Waals surface area contributed by atoms with Gasteiger partial charge in [-0.2, -0.15) is 0 Å². The second kappa shape index (κ2) is 8.19. The van der Waals surface area contributed by atoms with Crippen molar-refractivity contribution in [3.05, 3.63) is 53.7 Å². The molecule has 1 fully saturated rings. The van der Waals surface area contributed by atoms with E-state index in [9.17, 15) is 9.90 Å². The number of pyridine rings is 1. The Labute approximate surface area is 154 Å². The minimum Gasteiger partial charge on any atom is -0.496 e. The summed E-state index contributed by atoms with van der Waals surface area (Å²) in [6.45, 7) is 5.48. The molecule has 0 radical (unpaired) electrons. The third kappa shape index (κ3) is 3.80. The van der Waals surface area contributed by atoms with Gasteiger partial charge >= 0.3 is 5.97 Å². The van der Waals surface area contributed by atoms with E-state index < -0.39 is 5.97 Å². The summed E-state index contributed by atoms with van der Waals surface area (Å²) in [5.74, 6) is 0.535. The lowest BCUT2D eigenvalue weighted by Crippen LogP contribution is -2.37. The number of ether oxygens (including phenoxy) is 1. The molecule has 0 aliphatic carbocycles. The zero-order valence-corrected chi connectivity index (χ0v) is 15.3. The van der Waals surface area contributed by atoms with Crippen LogP contribution in [-0.4, -0.2) is 53.7 Å². The number of benzene rings is 1. The number of methoxy groups -OCH3 is 1. The first kappa shape index (κ1) is 18.2. The largest absolute Gasteiger partial charge is 0.496 e. The fourth-order valence-corrected chi connectivity index (χ4v) is 3.60. The Hall–Kier alpha value is -2.60. The predicted molar refractivity (Wildman–Crippen MR) is 101 cm³/mol. The molecule has 6 heteroatoms. The minimum atomic E-state index is -0.932. The number of carbonyl (C=O) groups is 1. The fourth-order valence-electron chi connectivity index (χ4n) is 3.60. The second-order valence-corrected chi connectivity index (χ2v) is 6.44. The lowest BCUT2D eigenvalue weighted by molar-refractivity contribution is 0.0697. The molecule has 1 saturated heterocycles.